The summed E-state index contributed by atoms with van der Waals surface area (Å²) >= 11 is 0. The smallest absolute Gasteiger partial charge is 0.416 e. The Morgan fingerprint density at radius 3 is 2.20 bits per heavy atom. The van der Waals surface area contributed by atoms with Crippen molar-refractivity contribution in [2.24, 2.45) is 0 Å². The number of halogens is 7. The second-order valence-electron chi connectivity index (χ2n) is 6.67. The van der Waals surface area contributed by atoms with Crippen molar-refractivity contribution in [1.29, 1.82) is 0 Å². The van der Waals surface area contributed by atoms with E-state index in [2.05, 4.69) is 0 Å². The first-order chi connectivity index (χ1) is 13.8. The van der Waals surface area contributed by atoms with Crippen molar-refractivity contribution >= 4 is 5.97 Å². The van der Waals surface area contributed by atoms with Crippen molar-refractivity contribution in [2.45, 2.75) is 32.2 Å². The van der Waals surface area contributed by atoms with Gasteiger partial charge in [0, 0.05) is 12.1 Å². The van der Waals surface area contributed by atoms with Crippen LogP contribution in [-0.4, -0.2) is 35.2 Å². The molecule has 0 amide bonds. The molecule has 0 saturated carbocycles. The lowest BCUT2D eigenvalue weighted by atomic mass is 9.94. The van der Waals surface area contributed by atoms with Crippen molar-refractivity contribution in [3.63, 3.8) is 0 Å². The molecular formula is C20H18F7NO2. The van der Waals surface area contributed by atoms with Gasteiger partial charge < -0.3 is 5.11 Å². The van der Waals surface area contributed by atoms with Gasteiger partial charge in [0.2, 0.25) is 0 Å². The molecule has 0 atom stereocenters. The van der Waals surface area contributed by atoms with E-state index in [9.17, 15) is 35.5 Å². The maximum Gasteiger partial charge on any atom is 0.416 e. The fourth-order valence-electron chi connectivity index (χ4n) is 3.00. The minimum Gasteiger partial charge on any atom is -0.481 e. The molecule has 0 aliphatic heterocycles. The second-order valence-corrected chi connectivity index (χ2v) is 6.67. The zero-order valence-corrected chi connectivity index (χ0v) is 15.7. The van der Waals surface area contributed by atoms with Crippen LogP contribution in [0.5, 0.6) is 0 Å². The number of rotatable bonds is 7. The molecule has 3 nitrogen and oxygen atoms in total. The third-order valence-corrected chi connectivity index (χ3v) is 4.35. The maximum atomic E-state index is 14.4. The highest BCUT2D eigenvalue weighted by Crippen LogP contribution is 2.35. The van der Waals surface area contributed by atoms with Crippen LogP contribution >= 0.6 is 0 Å². The predicted molar refractivity (Wildman–Crippen MR) is 95.2 cm³/mol. The van der Waals surface area contributed by atoms with E-state index in [4.69, 9.17) is 5.11 Å². The Morgan fingerprint density at radius 2 is 1.67 bits per heavy atom. The Morgan fingerprint density at radius 1 is 1.00 bits per heavy atom. The molecule has 0 radical (unpaired) electrons. The summed E-state index contributed by atoms with van der Waals surface area (Å²) in [6, 6.07) is 5.76. The van der Waals surface area contributed by atoms with Crippen LogP contribution in [0.2, 0.25) is 0 Å². The number of hydrogen-bond donors (Lipinski definition) is 1. The number of nitrogens with zero attached hydrogens (tertiary/aromatic N) is 1. The lowest BCUT2D eigenvalue weighted by Crippen LogP contribution is -2.33. The lowest BCUT2D eigenvalue weighted by molar-refractivity contribution is -0.147. The zero-order chi connectivity index (χ0) is 22.7. The Balaban J connectivity index is 2.58. The molecule has 10 heteroatoms. The van der Waals surface area contributed by atoms with Gasteiger partial charge in [-0.3, -0.25) is 9.69 Å². The average molecular weight is 437 g/mol. The molecule has 2 aromatic carbocycles. The van der Waals surface area contributed by atoms with Gasteiger partial charge >= 0.3 is 18.3 Å². The van der Waals surface area contributed by atoms with E-state index in [0.29, 0.717) is 12.1 Å². The summed E-state index contributed by atoms with van der Waals surface area (Å²) in [7, 11) is 0. The van der Waals surface area contributed by atoms with Gasteiger partial charge in [0.1, 0.15) is 5.82 Å². The molecule has 164 valence electrons. The van der Waals surface area contributed by atoms with Crippen molar-refractivity contribution in [2.75, 3.05) is 13.1 Å². The summed E-state index contributed by atoms with van der Waals surface area (Å²) in [5.41, 5.74) is -1.24. The molecular weight excluding hydrogens is 419 g/mol. The summed E-state index contributed by atoms with van der Waals surface area (Å²) < 4.78 is 92.2. The fraction of sp³-hybridized carbons (Fsp3) is 0.350. The average Bonchev–Trinajstić information content (AvgIpc) is 2.60. The van der Waals surface area contributed by atoms with Crippen molar-refractivity contribution in [3.8, 4) is 11.1 Å². The minimum absolute atomic E-state index is 0.0339. The van der Waals surface area contributed by atoms with Crippen LogP contribution in [0.25, 0.3) is 11.1 Å². The third kappa shape index (κ3) is 6.45. The maximum absolute atomic E-state index is 14.4. The molecule has 2 aromatic rings. The van der Waals surface area contributed by atoms with Gasteiger partial charge in [0.15, 0.2) is 0 Å². The zero-order valence-electron chi connectivity index (χ0n) is 15.7. The Hall–Kier alpha value is -2.62. The van der Waals surface area contributed by atoms with E-state index in [1.165, 1.54) is 19.1 Å². The summed E-state index contributed by atoms with van der Waals surface area (Å²) in [6.07, 6.45) is -9.75. The van der Waals surface area contributed by atoms with Crippen LogP contribution in [0.4, 0.5) is 30.7 Å². The normalized spacial score (nSPS) is 12.4. The van der Waals surface area contributed by atoms with Gasteiger partial charge in [0.25, 0.3) is 0 Å². The van der Waals surface area contributed by atoms with E-state index in [1.54, 1.807) is 0 Å². The molecule has 0 spiro atoms. The molecule has 0 fully saturated rings. The van der Waals surface area contributed by atoms with Crippen LogP contribution in [0.15, 0.2) is 36.4 Å². The van der Waals surface area contributed by atoms with E-state index in [-0.39, 0.29) is 28.8 Å². The Kier molecular flexibility index (Phi) is 7.12. The van der Waals surface area contributed by atoms with Crippen LogP contribution < -0.4 is 0 Å². The van der Waals surface area contributed by atoms with Gasteiger partial charge in [-0.1, -0.05) is 19.1 Å². The highest BCUT2D eigenvalue weighted by atomic mass is 19.4. The van der Waals surface area contributed by atoms with Crippen LogP contribution in [0, 0.1) is 5.82 Å². The first-order valence-corrected chi connectivity index (χ1v) is 8.80. The Labute approximate surface area is 167 Å². The third-order valence-electron chi connectivity index (χ3n) is 4.35. The van der Waals surface area contributed by atoms with Gasteiger partial charge in [0.05, 0.1) is 18.5 Å². The number of carbonyl (C=O) groups is 1. The van der Waals surface area contributed by atoms with Crippen LogP contribution in [0.3, 0.4) is 0 Å². The van der Waals surface area contributed by atoms with E-state index in [0.717, 1.165) is 17.0 Å². The topological polar surface area (TPSA) is 40.5 Å². The van der Waals surface area contributed by atoms with Gasteiger partial charge in [-0.15, -0.1) is 0 Å². The highest BCUT2D eigenvalue weighted by molar-refractivity contribution is 5.73. The standard InChI is InChI=1S/C20H18F7NO2/c1-2-28(11-19(22,23)24)10-13-9-14(20(25,26)27)4-5-15(13)16-7-12(8-18(29)30)3-6-17(16)21/h3-7,9H,2,8,10-11H2,1H3,(H,29,30). The first kappa shape index (κ1) is 23.7. The number of alkyl halides is 6. The molecule has 1 N–H and O–H groups in total. The number of hydrogen-bond acceptors (Lipinski definition) is 2. The lowest BCUT2D eigenvalue weighted by Gasteiger charge is -2.24. The van der Waals surface area contributed by atoms with Crippen molar-refractivity contribution < 1.29 is 40.6 Å². The van der Waals surface area contributed by atoms with E-state index in [1.807, 2.05) is 0 Å². The van der Waals surface area contributed by atoms with Crippen molar-refractivity contribution in [3.05, 3.63) is 58.9 Å². The molecule has 0 heterocycles. The number of aliphatic carboxylic acids is 1. The van der Waals surface area contributed by atoms with Crippen LogP contribution in [0.1, 0.15) is 23.6 Å². The molecule has 0 aliphatic carbocycles. The van der Waals surface area contributed by atoms with Gasteiger partial charge in [-0.25, -0.2) is 4.39 Å². The monoisotopic (exact) mass is 437 g/mol. The van der Waals surface area contributed by atoms with Crippen LogP contribution in [-0.2, 0) is 23.9 Å². The molecule has 0 bridgehead atoms. The van der Waals surface area contributed by atoms with E-state index >= 15 is 0 Å². The SMILES string of the molecule is CCN(Cc1cc(C(F)(F)F)ccc1-c1cc(CC(=O)O)ccc1F)CC(F)(F)F. The number of carboxylic acids is 1. The quantitative estimate of drug-likeness (QED) is 0.580. The van der Waals surface area contributed by atoms with Gasteiger partial charge in [-0.05, 0) is 47.5 Å². The molecule has 0 aromatic heterocycles. The first-order valence-electron chi connectivity index (χ1n) is 8.80. The summed E-state index contributed by atoms with van der Waals surface area (Å²) in [5.74, 6) is -2.02. The van der Waals surface area contributed by atoms with E-state index < -0.39 is 49.2 Å². The summed E-state index contributed by atoms with van der Waals surface area (Å²) in [6.45, 7) is -0.525. The molecule has 30 heavy (non-hydrogen) atoms. The minimum atomic E-state index is -4.74. The fourth-order valence-corrected chi connectivity index (χ4v) is 3.00. The van der Waals surface area contributed by atoms with Gasteiger partial charge in [-0.2, -0.15) is 26.3 Å². The van der Waals surface area contributed by atoms with Crippen molar-refractivity contribution in [1.82, 2.24) is 4.90 Å². The largest absolute Gasteiger partial charge is 0.481 e. The Bertz CT molecular complexity index is 907. The molecule has 0 unspecified atom stereocenters. The highest BCUT2D eigenvalue weighted by Gasteiger charge is 2.33. The molecule has 0 saturated heterocycles. The second kappa shape index (κ2) is 9.03. The summed E-state index contributed by atoms with van der Waals surface area (Å²) in [4.78, 5) is 11.8. The molecule has 0 aliphatic rings. The predicted octanol–water partition coefficient (Wildman–Crippen LogP) is 5.52. The molecule has 2 rings (SSSR count). The number of carboxylic acid groups (broad SMARTS) is 1. The summed E-state index contributed by atoms with van der Waals surface area (Å²) in [5, 5.41) is 8.91. The number of benzene rings is 2.